The van der Waals surface area contributed by atoms with Crippen molar-refractivity contribution in [3.8, 4) is 11.6 Å². The summed E-state index contributed by atoms with van der Waals surface area (Å²) < 4.78 is 103. The second-order valence-corrected chi connectivity index (χ2v) is 11.6. The van der Waals surface area contributed by atoms with Gasteiger partial charge in [-0.25, -0.2) is 9.78 Å². The number of aromatic nitrogens is 3. The molecule has 0 saturated heterocycles. The highest BCUT2D eigenvalue weighted by atomic mass is 32.2. The molecule has 4 bridgehead atoms. The van der Waals surface area contributed by atoms with Gasteiger partial charge in [-0.2, -0.15) is 26.3 Å². The summed E-state index contributed by atoms with van der Waals surface area (Å²) in [5.74, 6) is -1.48. The van der Waals surface area contributed by atoms with Crippen LogP contribution in [0.25, 0.3) is 11.6 Å². The molecule has 0 spiro atoms. The van der Waals surface area contributed by atoms with Gasteiger partial charge < -0.3 is 13.9 Å². The Hall–Kier alpha value is -3.59. The maximum absolute atomic E-state index is 14.9. The Kier molecular flexibility index (Phi) is 9.45. The van der Waals surface area contributed by atoms with Gasteiger partial charge in [0.15, 0.2) is 5.69 Å². The first-order valence-electron chi connectivity index (χ1n) is 13.1. The van der Waals surface area contributed by atoms with Gasteiger partial charge >= 0.3 is 18.4 Å². The number of alkyl halides is 6. The van der Waals surface area contributed by atoms with Crippen LogP contribution in [0.15, 0.2) is 58.0 Å². The van der Waals surface area contributed by atoms with Crippen LogP contribution in [0.1, 0.15) is 57.1 Å². The molecule has 0 fully saturated rings. The number of thioether (sulfide) groups is 1. The lowest BCUT2D eigenvalue weighted by molar-refractivity contribution is -0.299. The molecule has 4 rings (SSSR count). The van der Waals surface area contributed by atoms with Crippen molar-refractivity contribution in [1.82, 2.24) is 15.2 Å². The van der Waals surface area contributed by atoms with Gasteiger partial charge in [-0.1, -0.05) is 42.5 Å². The van der Waals surface area contributed by atoms with E-state index in [0.29, 0.717) is 11.6 Å². The number of nitrogens with zero attached hydrogens (tertiary/aromatic N) is 3. The van der Waals surface area contributed by atoms with E-state index >= 15 is 0 Å². The first-order chi connectivity index (χ1) is 20.1. The zero-order chi connectivity index (χ0) is 31.5. The molecule has 0 radical (unpaired) electrons. The summed E-state index contributed by atoms with van der Waals surface area (Å²) in [6.07, 6.45) is -8.46. The summed E-state index contributed by atoms with van der Waals surface area (Å²) >= 11 is 0.785. The van der Waals surface area contributed by atoms with Crippen molar-refractivity contribution in [2.45, 2.75) is 75.2 Å². The molecule has 0 aliphatic carbocycles. The standard InChI is InChI=1S/C28H28F6N4O4S/c1-25(2,3)42-24(39)35-19-15-18(27(29,30)31)22-36-20(19)21-37-38-23(41-21)26(28(32,33)34,13-9-4-5-10-14-43-22)40-16-17-11-7-6-8-12-17/h4-8,11-12,15H,9-10,13-14,16H2,1-3H3,(H,35,39)/b5-4-/t26-/m1/s1. The van der Waals surface area contributed by atoms with Gasteiger partial charge in [0.25, 0.3) is 11.8 Å². The van der Waals surface area contributed by atoms with E-state index in [9.17, 15) is 31.1 Å². The van der Waals surface area contributed by atoms with Gasteiger partial charge in [-0.15, -0.1) is 22.0 Å². The number of carbonyl (C=O) groups excluding carboxylic acids is 1. The summed E-state index contributed by atoms with van der Waals surface area (Å²) in [7, 11) is 0. The van der Waals surface area contributed by atoms with Crippen LogP contribution in [-0.2, 0) is 27.9 Å². The molecular weight excluding hydrogens is 602 g/mol. The van der Waals surface area contributed by atoms with Gasteiger partial charge in [0.05, 0.1) is 17.9 Å². The van der Waals surface area contributed by atoms with Crippen molar-refractivity contribution in [2.75, 3.05) is 11.1 Å². The monoisotopic (exact) mass is 630 g/mol. The van der Waals surface area contributed by atoms with E-state index in [2.05, 4.69) is 20.5 Å². The average Bonchev–Trinajstić information content (AvgIpc) is 3.38. The Balaban J connectivity index is 1.88. The molecule has 2 aromatic heterocycles. The lowest BCUT2D eigenvalue weighted by Crippen LogP contribution is -2.45. The number of amides is 1. The fraction of sp³-hybridized carbons (Fsp3) is 0.429. The van der Waals surface area contributed by atoms with Crippen molar-refractivity contribution in [3.05, 3.63) is 65.6 Å². The van der Waals surface area contributed by atoms with Crippen LogP contribution in [0.4, 0.5) is 36.8 Å². The molecule has 1 aliphatic rings. The van der Waals surface area contributed by atoms with Gasteiger partial charge in [0.2, 0.25) is 5.60 Å². The van der Waals surface area contributed by atoms with Gasteiger partial charge in [-0.3, -0.25) is 5.32 Å². The van der Waals surface area contributed by atoms with Crippen molar-refractivity contribution in [2.24, 2.45) is 0 Å². The Labute approximate surface area is 247 Å². The number of hydrogen-bond donors (Lipinski definition) is 1. The van der Waals surface area contributed by atoms with Crippen LogP contribution in [0.3, 0.4) is 0 Å². The Bertz CT molecular complexity index is 1450. The van der Waals surface area contributed by atoms with E-state index in [1.54, 1.807) is 57.2 Å². The van der Waals surface area contributed by atoms with Crippen LogP contribution >= 0.6 is 11.8 Å². The zero-order valence-corrected chi connectivity index (χ0v) is 24.1. The molecule has 3 heterocycles. The van der Waals surface area contributed by atoms with Crippen LogP contribution in [0.5, 0.6) is 0 Å². The quantitative estimate of drug-likeness (QED) is 0.227. The van der Waals surface area contributed by atoms with E-state index < -0.39 is 76.4 Å². The fourth-order valence-corrected chi connectivity index (χ4v) is 5.01. The topological polar surface area (TPSA) is 99.4 Å². The molecule has 1 N–H and O–H groups in total. The third kappa shape index (κ3) is 7.88. The minimum Gasteiger partial charge on any atom is -0.444 e. The molecule has 0 unspecified atom stereocenters. The van der Waals surface area contributed by atoms with E-state index in [0.717, 1.165) is 11.8 Å². The molecule has 3 aromatic rings. The average molecular weight is 631 g/mol. The first kappa shape index (κ1) is 32.3. The highest BCUT2D eigenvalue weighted by Crippen LogP contribution is 2.47. The fourth-order valence-electron chi connectivity index (χ4n) is 4.08. The molecule has 1 aliphatic heterocycles. The normalized spacial score (nSPS) is 18.9. The summed E-state index contributed by atoms with van der Waals surface area (Å²) in [4.78, 5) is 16.6. The van der Waals surface area contributed by atoms with Crippen LogP contribution < -0.4 is 5.32 Å². The SMILES string of the molecule is CC(C)(C)OC(=O)Nc1cc(C(F)(F)F)c2nc1-c1nnc(o1)[C@@](OCc1ccccc1)(C(F)(F)F)CC/C=C\CCS2. The molecular formula is C28H28F6N4O4S. The van der Waals surface area contributed by atoms with Crippen LogP contribution in [0.2, 0.25) is 0 Å². The number of nitrogens with one attached hydrogen (secondary N) is 1. The minimum atomic E-state index is -5.04. The van der Waals surface area contributed by atoms with Gasteiger partial charge in [0, 0.05) is 5.75 Å². The summed E-state index contributed by atoms with van der Waals surface area (Å²) in [5, 5.41) is 9.08. The number of allylic oxidation sites excluding steroid dienone is 2. The van der Waals surface area contributed by atoms with E-state index in [1.165, 1.54) is 6.08 Å². The van der Waals surface area contributed by atoms with E-state index in [1.807, 2.05) is 0 Å². The highest BCUT2D eigenvalue weighted by molar-refractivity contribution is 7.99. The lowest BCUT2D eigenvalue weighted by Gasteiger charge is -2.32. The molecule has 1 amide bonds. The third-order valence-electron chi connectivity index (χ3n) is 6.04. The van der Waals surface area contributed by atoms with Crippen molar-refractivity contribution in [1.29, 1.82) is 0 Å². The van der Waals surface area contributed by atoms with Crippen LogP contribution in [-0.4, -0.2) is 38.8 Å². The summed E-state index contributed by atoms with van der Waals surface area (Å²) in [6.45, 7) is 4.18. The Morgan fingerprint density at radius 1 is 1.05 bits per heavy atom. The second-order valence-electron chi connectivity index (χ2n) is 10.5. The first-order valence-corrected chi connectivity index (χ1v) is 14.1. The van der Waals surface area contributed by atoms with Crippen molar-refractivity contribution < 1.29 is 45.0 Å². The van der Waals surface area contributed by atoms with Gasteiger partial charge in [-0.05, 0) is 51.7 Å². The highest BCUT2D eigenvalue weighted by Gasteiger charge is 2.61. The number of halogens is 6. The zero-order valence-electron chi connectivity index (χ0n) is 23.3. The smallest absolute Gasteiger partial charge is 0.426 e. The number of rotatable bonds is 4. The number of fused-ring (bicyclic) bond motifs is 5. The molecule has 0 saturated carbocycles. The maximum Gasteiger partial charge on any atom is 0.426 e. The predicted molar refractivity (Wildman–Crippen MR) is 145 cm³/mol. The molecule has 1 atom stereocenters. The minimum absolute atomic E-state index is 0.112. The Morgan fingerprint density at radius 2 is 1.74 bits per heavy atom. The Morgan fingerprint density at radius 3 is 2.40 bits per heavy atom. The van der Waals surface area contributed by atoms with E-state index in [4.69, 9.17) is 13.9 Å². The third-order valence-corrected chi connectivity index (χ3v) is 7.07. The predicted octanol–water partition coefficient (Wildman–Crippen LogP) is 8.30. The number of anilines is 1. The largest absolute Gasteiger partial charge is 0.444 e. The summed E-state index contributed by atoms with van der Waals surface area (Å²) in [5.41, 5.74) is -5.80. The lowest BCUT2D eigenvalue weighted by atomic mass is 9.95. The van der Waals surface area contributed by atoms with E-state index in [-0.39, 0.29) is 18.6 Å². The molecule has 232 valence electrons. The molecule has 15 heteroatoms. The number of carbonyl (C=O) groups is 1. The number of benzene rings is 1. The molecule has 43 heavy (non-hydrogen) atoms. The van der Waals surface area contributed by atoms with Crippen molar-refractivity contribution in [3.63, 3.8) is 0 Å². The van der Waals surface area contributed by atoms with Crippen molar-refractivity contribution >= 4 is 23.5 Å². The number of pyridine rings is 1. The summed E-state index contributed by atoms with van der Waals surface area (Å²) in [6, 6.07) is 8.78. The second kappa shape index (κ2) is 12.6. The number of ether oxygens (including phenoxy) is 2. The maximum atomic E-state index is 14.9. The molecule has 1 aromatic carbocycles. The van der Waals surface area contributed by atoms with Gasteiger partial charge in [0.1, 0.15) is 10.6 Å². The van der Waals surface area contributed by atoms with Crippen LogP contribution in [0, 0.1) is 0 Å². The number of hydrogen-bond acceptors (Lipinski definition) is 8. The molecule has 8 nitrogen and oxygen atoms in total.